The zero-order chi connectivity index (χ0) is 18.8. The third kappa shape index (κ3) is 4.41. The monoisotopic (exact) mass is 368 g/mol. The molecule has 0 saturated heterocycles. The standard InChI is InChI=1S/C14H12N2O8S/c17-13-3-1-9(5-11(13)15(19)20)7-25(23,24)8-10-2-4-14(18)12(6-10)16(21)22/h1-6,17-18H,7-8H2. The molecule has 10 nitrogen and oxygen atoms in total. The van der Waals surface area contributed by atoms with E-state index in [9.17, 15) is 38.9 Å². The van der Waals surface area contributed by atoms with Gasteiger partial charge in [-0.1, -0.05) is 12.1 Å². The van der Waals surface area contributed by atoms with Gasteiger partial charge >= 0.3 is 11.4 Å². The molecule has 2 N–H and O–H groups in total. The van der Waals surface area contributed by atoms with Crippen molar-refractivity contribution in [3.63, 3.8) is 0 Å². The van der Waals surface area contributed by atoms with Crippen molar-refractivity contribution >= 4 is 21.2 Å². The molecule has 2 aromatic rings. The molecule has 0 saturated carbocycles. The van der Waals surface area contributed by atoms with Crippen molar-refractivity contribution in [3.8, 4) is 11.5 Å². The molecular weight excluding hydrogens is 356 g/mol. The Morgan fingerprint density at radius 2 is 1.16 bits per heavy atom. The number of phenolic OH excluding ortho intramolecular Hbond substituents is 2. The summed E-state index contributed by atoms with van der Waals surface area (Å²) in [4.78, 5) is 19.9. The van der Waals surface area contributed by atoms with E-state index in [1.165, 1.54) is 12.1 Å². The summed E-state index contributed by atoms with van der Waals surface area (Å²) >= 11 is 0. The van der Waals surface area contributed by atoms with Crippen molar-refractivity contribution < 1.29 is 28.5 Å². The number of phenols is 2. The second-order valence-electron chi connectivity index (χ2n) is 5.19. The zero-order valence-electron chi connectivity index (χ0n) is 12.5. The highest BCUT2D eigenvalue weighted by Gasteiger charge is 2.20. The molecule has 0 radical (unpaired) electrons. The summed E-state index contributed by atoms with van der Waals surface area (Å²) in [6.45, 7) is 0. The lowest BCUT2D eigenvalue weighted by Gasteiger charge is -2.06. The van der Waals surface area contributed by atoms with E-state index in [0.717, 1.165) is 24.3 Å². The predicted molar refractivity (Wildman–Crippen MR) is 85.9 cm³/mol. The number of hydrogen-bond donors (Lipinski definition) is 2. The number of sulfone groups is 1. The quantitative estimate of drug-likeness (QED) is 0.578. The largest absolute Gasteiger partial charge is 0.502 e. The Balaban J connectivity index is 2.26. The van der Waals surface area contributed by atoms with Crippen molar-refractivity contribution in [1.29, 1.82) is 0 Å². The second kappa shape index (κ2) is 6.73. The van der Waals surface area contributed by atoms with Crippen LogP contribution in [0.2, 0.25) is 0 Å². The molecule has 0 spiro atoms. The minimum atomic E-state index is -3.81. The third-order valence-corrected chi connectivity index (χ3v) is 4.79. The number of nitro groups is 2. The topological polar surface area (TPSA) is 161 Å². The predicted octanol–water partition coefficient (Wildman–Crippen LogP) is 2.03. The van der Waals surface area contributed by atoms with Crippen LogP contribution >= 0.6 is 0 Å². The molecule has 0 unspecified atom stereocenters. The van der Waals surface area contributed by atoms with Gasteiger partial charge in [0.05, 0.1) is 21.4 Å². The highest BCUT2D eigenvalue weighted by Crippen LogP contribution is 2.29. The van der Waals surface area contributed by atoms with Gasteiger partial charge < -0.3 is 10.2 Å². The fourth-order valence-corrected chi connectivity index (χ4v) is 3.65. The highest BCUT2D eigenvalue weighted by molar-refractivity contribution is 7.89. The van der Waals surface area contributed by atoms with Gasteiger partial charge in [-0.05, 0) is 23.3 Å². The normalized spacial score (nSPS) is 11.2. The van der Waals surface area contributed by atoms with Crippen LogP contribution in [0.5, 0.6) is 11.5 Å². The molecule has 0 amide bonds. The van der Waals surface area contributed by atoms with Crippen molar-refractivity contribution in [3.05, 3.63) is 67.8 Å². The number of hydrogen-bond acceptors (Lipinski definition) is 8. The average molecular weight is 368 g/mol. The minimum absolute atomic E-state index is 0.0952. The number of benzene rings is 2. The SMILES string of the molecule is O=[N+]([O-])c1cc(CS(=O)(=O)Cc2ccc(O)c([N+](=O)[O-])c2)ccc1O. The molecule has 0 aliphatic rings. The van der Waals surface area contributed by atoms with E-state index >= 15 is 0 Å². The fourth-order valence-electron chi connectivity index (χ4n) is 2.17. The van der Waals surface area contributed by atoms with Crippen LogP contribution in [0.1, 0.15) is 11.1 Å². The Morgan fingerprint density at radius 1 is 0.800 bits per heavy atom. The van der Waals surface area contributed by atoms with Gasteiger partial charge in [-0.25, -0.2) is 8.42 Å². The Kier molecular flexibility index (Phi) is 4.88. The first-order valence-electron chi connectivity index (χ1n) is 6.72. The lowest BCUT2D eigenvalue weighted by atomic mass is 10.2. The molecule has 0 fully saturated rings. The van der Waals surface area contributed by atoms with Crippen LogP contribution in [0.15, 0.2) is 36.4 Å². The van der Waals surface area contributed by atoms with Gasteiger partial charge in [0, 0.05) is 12.1 Å². The first kappa shape index (κ1) is 18.1. The molecule has 0 aliphatic carbocycles. The smallest absolute Gasteiger partial charge is 0.310 e. The molecule has 0 bridgehead atoms. The summed E-state index contributed by atoms with van der Waals surface area (Å²) in [5.74, 6) is -2.27. The van der Waals surface area contributed by atoms with E-state index in [0.29, 0.717) is 0 Å². The average Bonchev–Trinajstić information content (AvgIpc) is 2.50. The molecule has 0 aromatic heterocycles. The van der Waals surface area contributed by atoms with Crippen molar-refractivity contribution in [2.45, 2.75) is 11.5 Å². The molecule has 0 heterocycles. The summed E-state index contributed by atoms with van der Waals surface area (Å²) in [7, 11) is -3.81. The number of rotatable bonds is 6. The first-order valence-corrected chi connectivity index (χ1v) is 8.54. The van der Waals surface area contributed by atoms with E-state index in [1.54, 1.807) is 0 Å². The van der Waals surface area contributed by atoms with Gasteiger partial charge in [0.15, 0.2) is 21.3 Å². The summed E-state index contributed by atoms with van der Waals surface area (Å²) in [6.07, 6.45) is 0. The van der Waals surface area contributed by atoms with Crippen LogP contribution in [-0.2, 0) is 21.3 Å². The van der Waals surface area contributed by atoms with Crippen LogP contribution in [0.25, 0.3) is 0 Å². The zero-order valence-corrected chi connectivity index (χ0v) is 13.3. The third-order valence-electron chi connectivity index (χ3n) is 3.25. The summed E-state index contributed by atoms with van der Waals surface area (Å²) < 4.78 is 24.5. The van der Waals surface area contributed by atoms with E-state index < -0.39 is 54.1 Å². The maximum Gasteiger partial charge on any atom is 0.310 e. The lowest BCUT2D eigenvalue weighted by molar-refractivity contribution is -0.386. The Morgan fingerprint density at radius 3 is 1.48 bits per heavy atom. The molecular formula is C14H12N2O8S. The van der Waals surface area contributed by atoms with Crippen LogP contribution in [-0.4, -0.2) is 28.5 Å². The Bertz CT molecular complexity index is 884. The molecule has 25 heavy (non-hydrogen) atoms. The van der Waals surface area contributed by atoms with Gasteiger partial charge in [0.2, 0.25) is 0 Å². The summed E-state index contributed by atoms with van der Waals surface area (Å²) in [6, 6.07) is 6.42. The number of nitro benzene ring substituents is 2. The number of nitrogens with zero attached hydrogens (tertiary/aromatic N) is 2. The molecule has 0 aliphatic heterocycles. The Labute approximate surface area is 141 Å². The molecule has 2 aromatic carbocycles. The van der Waals surface area contributed by atoms with Crippen LogP contribution < -0.4 is 0 Å². The second-order valence-corrected chi connectivity index (χ2v) is 7.26. The van der Waals surface area contributed by atoms with Crippen molar-refractivity contribution in [1.82, 2.24) is 0 Å². The van der Waals surface area contributed by atoms with Crippen LogP contribution in [0, 0.1) is 20.2 Å². The van der Waals surface area contributed by atoms with E-state index in [1.807, 2.05) is 0 Å². The lowest BCUT2D eigenvalue weighted by Crippen LogP contribution is -2.08. The van der Waals surface area contributed by atoms with Crippen molar-refractivity contribution in [2.24, 2.45) is 0 Å². The highest BCUT2D eigenvalue weighted by atomic mass is 32.2. The Hall–Kier alpha value is -3.21. The molecule has 11 heteroatoms. The molecule has 0 atom stereocenters. The van der Waals surface area contributed by atoms with Gasteiger partial charge in [-0.15, -0.1) is 0 Å². The van der Waals surface area contributed by atoms with E-state index in [4.69, 9.17) is 0 Å². The number of aromatic hydroxyl groups is 2. The maximum absolute atomic E-state index is 12.2. The first-order chi connectivity index (χ1) is 11.6. The van der Waals surface area contributed by atoms with Crippen LogP contribution in [0.4, 0.5) is 11.4 Å². The van der Waals surface area contributed by atoms with Crippen molar-refractivity contribution in [2.75, 3.05) is 0 Å². The molecule has 132 valence electrons. The summed E-state index contributed by atoms with van der Waals surface area (Å²) in [5.41, 5.74) is -1.04. The maximum atomic E-state index is 12.2. The van der Waals surface area contributed by atoms with Gasteiger partial charge in [-0.3, -0.25) is 20.2 Å². The van der Waals surface area contributed by atoms with E-state index in [2.05, 4.69) is 0 Å². The van der Waals surface area contributed by atoms with Gasteiger partial charge in [-0.2, -0.15) is 0 Å². The van der Waals surface area contributed by atoms with E-state index in [-0.39, 0.29) is 11.1 Å². The minimum Gasteiger partial charge on any atom is -0.502 e. The van der Waals surface area contributed by atoms with Crippen LogP contribution in [0.3, 0.4) is 0 Å². The van der Waals surface area contributed by atoms with Gasteiger partial charge in [0.1, 0.15) is 0 Å². The summed E-state index contributed by atoms with van der Waals surface area (Å²) in [5, 5.41) is 40.3. The molecule has 2 rings (SSSR count). The van der Waals surface area contributed by atoms with Gasteiger partial charge in [0.25, 0.3) is 0 Å². The fraction of sp³-hybridized carbons (Fsp3) is 0.143.